The summed E-state index contributed by atoms with van der Waals surface area (Å²) >= 11 is 2.16. The van der Waals surface area contributed by atoms with Gasteiger partial charge in [-0.2, -0.15) is 0 Å². The summed E-state index contributed by atoms with van der Waals surface area (Å²) < 4.78 is 3.14. The molecule has 3 N–H and O–H groups in total. The fraction of sp³-hybridized carbons (Fsp3) is 0.368. The molecule has 0 amide bonds. The van der Waals surface area contributed by atoms with Crippen LogP contribution in [0.3, 0.4) is 0 Å². The molecule has 1 aliphatic heterocycles. The monoisotopic (exact) mass is 436 g/mol. The zero-order valence-electron chi connectivity index (χ0n) is 14.1. The molecule has 5 heteroatoms. The van der Waals surface area contributed by atoms with Gasteiger partial charge >= 0.3 is 0 Å². The Balaban J connectivity index is 1.51. The van der Waals surface area contributed by atoms with Crippen molar-refractivity contribution in [2.75, 3.05) is 45.7 Å². The van der Waals surface area contributed by atoms with Gasteiger partial charge in [0, 0.05) is 49.4 Å². The summed E-state index contributed by atoms with van der Waals surface area (Å²) in [5.74, 6) is 0.752. The van der Waals surface area contributed by atoms with Crippen LogP contribution >= 0.6 is 22.9 Å². The summed E-state index contributed by atoms with van der Waals surface area (Å²) in [7, 11) is 2.19. The molecule has 1 aliphatic rings. The summed E-state index contributed by atoms with van der Waals surface area (Å²) in [4.78, 5) is 4.84. The van der Waals surface area contributed by atoms with Crippen LogP contribution < -0.4 is 19.1 Å². The Morgan fingerprint density at radius 3 is 2.29 bits per heavy atom. The maximum absolute atomic E-state index is 5.78. The number of nitrogens with two attached hydrogens (primary N) is 1. The number of hydrogen-bond donors (Lipinski definition) is 2. The van der Waals surface area contributed by atoms with E-state index in [4.69, 9.17) is 5.73 Å². The normalized spacial score (nSPS) is 15.3. The Labute approximate surface area is 158 Å². The molecule has 0 aromatic heterocycles. The van der Waals surface area contributed by atoms with Gasteiger partial charge < -0.3 is 19.1 Å². The molecule has 1 heterocycles. The van der Waals surface area contributed by atoms with Gasteiger partial charge in [-0.3, -0.25) is 0 Å². The van der Waals surface area contributed by atoms with Crippen LogP contribution in [0.1, 0.15) is 12.8 Å². The molecule has 1 fully saturated rings. The number of benzene rings is 2. The summed E-state index contributed by atoms with van der Waals surface area (Å²) in [6.07, 6.45) is 2.48. The highest BCUT2D eigenvalue weighted by atomic mass is 127. The second-order valence-corrected chi connectivity index (χ2v) is 7.08. The van der Waals surface area contributed by atoms with Gasteiger partial charge in [-0.1, -0.05) is 0 Å². The van der Waals surface area contributed by atoms with Crippen molar-refractivity contribution in [3.05, 3.63) is 48.5 Å². The SMILES string of the molecule is CN(CC1CCN(c2ccc(N)cc2)CC1)c1ccc(NI)cc1. The average molecular weight is 436 g/mol. The highest BCUT2D eigenvalue weighted by molar-refractivity contribution is 14.1. The van der Waals surface area contributed by atoms with E-state index in [1.165, 1.54) is 24.2 Å². The first kappa shape index (κ1) is 17.2. The highest BCUT2D eigenvalue weighted by Gasteiger charge is 2.20. The van der Waals surface area contributed by atoms with Crippen molar-refractivity contribution in [2.24, 2.45) is 5.92 Å². The van der Waals surface area contributed by atoms with Gasteiger partial charge in [-0.05, 0) is 67.3 Å². The summed E-state index contributed by atoms with van der Waals surface area (Å²) in [6.45, 7) is 3.37. The summed E-state index contributed by atoms with van der Waals surface area (Å²) in [5.41, 5.74) is 10.3. The first-order chi connectivity index (χ1) is 11.7. The third-order valence-corrected chi connectivity index (χ3v) is 5.44. The number of nitrogens with one attached hydrogen (secondary N) is 1. The molecule has 0 unspecified atom stereocenters. The van der Waals surface area contributed by atoms with Crippen molar-refractivity contribution in [1.29, 1.82) is 0 Å². The second kappa shape index (κ2) is 7.96. The molecule has 0 spiro atoms. The van der Waals surface area contributed by atoms with E-state index < -0.39 is 0 Å². The molecule has 0 radical (unpaired) electrons. The Morgan fingerprint density at radius 1 is 1.08 bits per heavy atom. The van der Waals surface area contributed by atoms with Crippen molar-refractivity contribution in [1.82, 2.24) is 0 Å². The van der Waals surface area contributed by atoms with Crippen LogP contribution in [0.5, 0.6) is 0 Å². The first-order valence-corrected chi connectivity index (χ1v) is 9.52. The molecule has 2 aromatic carbocycles. The van der Waals surface area contributed by atoms with Gasteiger partial charge in [0.05, 0.1) is 22.9 Å². The van der Waals surface area contributed by atoms with Gasteiger partial charge in [0.15, 0.2) is 0 Å². The standard InChI is InChI=1S/C19H25IN4/c1-23(18-8-4-17(22-20)5-9-18)14-15-10-12-24(13-11-15)19-6-2-16(21)3-7-19/h2-9,15,22H,10-14,21H2,1H3. The van der Waals surface area contributed by atoms with E-state index in [0.717, 1.165) is 36.9 Å². The van der Waals surface area contributed by atoms with Gasteiger partial charge in [0.1, 0.15) is 0 Å². The number of hydrogen-bond acceptors (Lipinski definition) is 4. The topological polar surface area (TPSA) is 44.5 Å². The lowest BCUT2D eigenvalue weighted by Crippen LogP contribution is -2.37. The minimum absolute atomic E-state index is 0.752. The Bertz CT molecular complexity index is 633. The molecule has 4 nitrogen and oxygen atoms in total. The van der Waals surface area contributed by atoms with E-state index in [2.05, 4.69) is 79.6 Å². The van der Waals surface area contributed by atoms with Crippen LogP contribution in [0.2, 0.25) is 0 Å². The van der Waals surface area contributed by atoms with Crippen LogP contribution in [0, 0.1) is 5.92 Å². The molecule has 0 atom stereocenters. The predicted octanol–water partition coefficient (Wildman–Crippen LogP) is 4.38. The summed E-state index contributed by atoms with van der Waals surface area (Å²) in [6, 6.07) is 16.9. The van der Waals surface area contributed by atoms with Crippen LogP contribution in [0.15, 0.2) is 48.5 Å². The van der Waals surface area contributed by atoms with Gasteiger partial charge in [0.2, 0.25) is 0 Å². The third-order valence-electron chi connectivity index (χ3n) is 4.82. The maximum Gasteiger partial charge on any atom is 0.0560 e. The molecule has 2 aromatic rings. The molecule has 128 valence electrons. The van der Waals surface area contributed by atoms with E-state index in [1.54, 1.807) is 0 Å². The van der Waals surface area contributed by atoms with Crippen molar-refractivity contribution in [3.8, 4) is 0 Å². The number of nitrogen functional groups attached to an aromatic ring is 1. The van der Waals surface area contributed by atoms with Crippen molar-refractivity contribution in [3.63, 3.8) is 0 Å². The zero-order chi connectivity index (χ0) is 16.9. The maximum atomic E-state index is 5.78. The molecular formula is C19H25IN4. The minimum atomic E-state index is 0.752. The third kappa shape index (κ3) is 4.26. The van der Waals surface area contributed by atoms with Crippen molar-refractivity contribution in [2.45, 2.75) is 12.8 Å². The molecule has 1 saturated heterocycles. The van der Waals surface area contributed by atoms with Crippen LogP contribution in [-0.4, -0.2) is 26.7 Å². The van der Waals surface area contributed by atoms with Crippen LogP contribution in [0.25, 0.3) is 0 Å². The van der Waals surface area contributed by atoms with Gasteiger partial charge in [-0.15, -0.1) is 0 Å². The van der Waals surface area contributed by atoms with E-state index in [0.29, 0.717) is 0 Å². The lowest BCUT2D eigenvalue weighted by molar-refractivity contribution is 0.409. The first-order valence-electron chi connectivity index (χ1n) is 8.44. The highest BCUT2D eigenvalue weighted by Crippen LogP contribution is 2.26. The Hall–Kier alpha value is -1.63. The predicted molar refractivity (Wildman–Crippen MR) is 113 cm³/mol. The number of rotatable bonds is 5. The second-order valence-electron chi connectivity index (χ2n) is 6.54. The average Bonchev–Trinajstić information content (AvgIpc) is 2.63. The molecule has 0 bridgehead atoms. The fourth-order valence-electron chi connectivity index (χ4n) is 3.33. The van der Waals surface area contributed by atoms with E-state index >= 15 is 0 Å². The quantitative estimate of drug-likeness (QED) is 0.415. The zero-order valence-corrected chi connectivity index (χ0v) is 16.2. The number of halogens is 1. The molecule has 3 rings (SSSR count). The van der Waals surface area contributed by atoms with Crippen LogP contribution in [-0.2, 0) is 0 Å². The molecule has 24 heavy (non-hydrogen) atoms. The fourth-order valence-corrected chi connectivity index (χ4v) is 3.69. The number of nitrogens with zero attached hydrogens (tertiary/aromatic N) is 2. The van der Waals surface area contributed by atoms with Crippen molar-refractivity contribution >= 4 is 45.6 Å². The smallest absolute Gasteiger partial charge is 0.0560 e. The van der Waals surface area contributed by atoms with Crippen LogP contribution in [0.4, 0.5) is 22.7 Å². The number of piperidine rings is 1. The summed E-state index contributed by atoms with van der Waals surface area (Å²) in [5, 5.41) is 0. The lowest BCUT2D eigenvalue weighted by Gasteiger charge is -2.35. The Kier molecular flexibility index (Phi) is 5.71. The van der Waals surface area contributed by atoms with E-state index in [1.807, 2.05) is 12.1 Å². The van der Waals surface area contributed by atoms with E-state index in [-0.39, 0.29) is 0 Å². The molecule has 0 aliphatic carbocycles. The molecular weight excluding hydrogens is 411 g/mol. The lowest BCUT2D eigenvalue weighted by atomic mass is 9.95. The molecule has 0 saturated carbocycles. The minimum Gasteiger partial charge on any atom is -0.399 e. The van der Waals surface area contributed by atoms with Gasteiger partial charge in [0.25, 0.3) is 0 Å². The Morgan fingerprint density at radius 2 is 1.71 bits per heavy atom. The van der Waals surface area contributed by atoms with Crippen molar-refractivity contribution < 1.29 is 0 Å². The van der Waals surface area contributed by atoms with Gasteiger partial charge in [-0.25, -0.2) is 0 Å². The van der Waals surface area contributed by atoms with E-state index in [9.17, 15) is 0 Å². The number of anilines is 4. The largest absolute Gasteiger partial charge is 0.399 e.